The predicted molar refractivity (Wildman–Crippen MR) is 76.4 cm³/mol. The summed E-state index contributed by atoms with van der Waals surface area (Å²) in [6.45, 7) is 10.3. The monoisotopic (exact) mass is 300 g/mol. The van der Waals surface area contributed by atoms with Crippen LogP contribution in [0.15, 0.2) is 12.2 Å². The summed E-state index contributed by atoms with van der Waals surface area (Å²) in [5, 5.41) is 0. The highest BCUT2D eigenvalue weighted by atomic mass is 16.6. The lowest BCUT2D eigenvalue weighted by atomic mass is 9.91. The second kappa shape index (κ2) is 9.15. The molecular formula is C15H24O6. The first-order valence-electron chi connectivity index (χ1n) is 6.86. The van der Waals surface area contributed by atoms with Gasteiger partial charge in [0.15, 0.2) is 0 Å². The van der Waals surface area contributed by atoms with Crippen LogP contribution in [0.4, 0.5) is 0 Å². The Hall–Kier alpha value is -1.85. The summed E-state index contributed by atoms with van der Waals surface area (Å²) >= 11 is 0. The Labute approximate surface area is 125 Å². The Morgan fingerprint density at radius 2 is 1.57 bits per heavy atom. The van der Waals surface area contributed by atoms with Crippen molar-refractivity contribution >= 4 is 17.9 Å². The molecule has 0 aromatic carbocycles. The molecule has 0 fully saturated rings. The lowest BCUT2D eigenvalue weighted by molar-refractivity contribution is -0.157. The number of ether oxygens (including phenoxy) is 3. The van der Waals surface area contributed by atoms with Gasteiger partial charge < -0.3 is 14.2 Å². The number of rotatable bonds is 9. The summed E-state index contributed by atoms with van der Waals surface area (Å²) in [4.78, 5) is 34.0. The molecule has 0 radical (unpaired) electrons. The van der Waals surface area contributed by atoms with Crippen molar-refractivity contribution in [2.45, 2.75) is 40.5 Å². The first kappa shape index (κ1) is 19.1. The van der Waals surface area contributed by atoms with Gasteiger partial charge in [-0.25, -0.2) is 4.79 Å². The van der Waals surface area contributed by atoms with Crippen LogP contribution in [-0.4, -0.2) is 37.7 Å². The topological polar surface area (TPSA) is 78.9 Å². The maximum atomic E-state index is 11.6. The van der Waals surface area contributed by atoms with Gasteiger partial charge in [-0.05, 0) is 27.2 Å². The van der Waals surface area contributed by atoms with Gasteiger partial charge in [0.1, 0.15) is 19.8 Å². The quantitative estimate of drug-likeness (QED) is 0.280. The molecule has 0 bridgehead atoms. The van der Waals surface area contributed by atoms with Crippen molar-refractivity contribution in [2.24, 2.45) is 5.41 Å². The van der Waals surface area contributed by atoms with Gasteiger partial charge in [0.05, 0.1) is 11.8 Å². The second-order valence-electron chi connectivity index (χ2n) is 5.26. The Morgan fingerprint density at radius 3 is 2.10 bits per heavy atom. The minimum atomic E-state index is -0.555. The van der Waals surface area contributed by atoms with Crippen LogP contribution in [0.5, 0.6) is 0 Å². The summed E-state index contributed by atoms with van der Waals surface area (Å²) in [5.74, 6) is -1.38. The van der Waals surface area contributed by atoms with E-state index in [9.17, 15) is 14.4 Å². The van der Waals surface area contributed by atoms with Gasteiger partial charge in [0.2, 0.25) is 0 Å². The molecule has 6 heteroatoms. The number of carbonyl (C=O) groups is 3. The fourth-order valence-electron chi connectivity index (χ4n) is 1.05. The van der Waals surface area contributed by atoms with Gasteiger partial charge in [-0.1, -0.05) is 13.5 Å². The van der Waals surface area contributed by atoms with Crippen molar-refractivity contribution < 1.29 is 28.6 Å². The van der Waals surface area contributed by atoms with Crippen molar-refractivity contribution in [3.63, 3.8) is 0 Å². The molecular weight excluding hydrogens is 276 g/mol. The lowest BCUT2D eigenvalue weighted by Gasteiger charge is -2.20. The molecule has 0 atom stereocenters. The largest absolute Gasteiger partial charge is 0.465 e. The highest BCUT2D eigenvalue weighted by Crippen LogP contribution is 2.21. The normalized spacial score (nSPS) is 10.7. The van der Waals surface area contributed by atoms with E-state index in [4.69, 9.17) is 14.2 Å². The van der Waals surface area contributed by atoms with E-state index in [1.807, 2.05) is 6.92 Å². The van der Waals surface area contributed by atoms with E-state index >= 15 is 0 Å². The van der Waals surface area contributed by atoms with Crippen LogP contribution in [0.1, 0.15) is 40.5 Å². The smallest absolute Gasteiger partial charge is 0.333 e. The molecule has 0 saturated carbocycles. The average Bonchev–Trinajstić information content (AvgIpc) is 2.42. The molecule has 21 heavy (non-hydrogen) atoms. The van der Waals surface area contributed by atoms with Crippen LogP contribution in [0.3, 0.4) is 0 Å². The van der Waals surface area contributed by atoms with E-state index in [0.717, 1.165) is 0 Å². The standard InChI is InChI=1S/C15H24O6/c1-6-15(4,5)14(18)21-8-7-12(16)19-9-10-20-13(17)11(2)3/h2,6-10H2,1,3-5H3. The second-order valence-corrected chi connectivity index (χ2v) is 5.26. The molecule has 0 saturated heterocycles. The molecule has 0 aliphatic rings. The van der Waals surface area contributed by atoms with Gasteiger partial charge in [0.25, 0.3) is 0 Å². The molecule has 6 nitrogen and oxygen atoms in total. The first-order chi connectivity index (χ1) is 9.70. The molecule has 0 aromatic heterocycles. The first-order valence-corrected chi connectivity index (χ1v) is 6.86. The fourth-order valence-corrected chi connectivity index (χ4v) is 1.05. The molecule has 0 aliphatic carbocycles. The van der Waals surface area contributed by atoms with Crippen LogP contribution in [0.25, 0.3) is 0 Å². The zero-order valence-corrected chi connectivity index (χ0v) is 13.2. The minimum absolute atomic E-state index is 0.0212. The summed E-state index contributed by atoms with van der Waals surface area (Å²) in [5.41, 5.74) is -0.271. The molecule has 120 valence electrons. The van der Waals surface area contributed by atoms with E-state index < -0.39 is 17.4 Å². The number of hydrogen-bond acceptors (Lipinski definition) is 6. The van der Waals surface area contributed by atoms with Crippen LogP contribution in [-0.2, 0) is 28.6 Å². The van der Waals surface area contributed by atoms with Gasteiger partial charge in [0, 0.05) is 5.57 Å². The third-order valence-electron chi connectivity index (χ3n) is 2.90. The van der Waals surface area contributed by atoms with Gasteiger partial charge >= 0.3 is 17.9 Å². The van der Waals surface area contributed by atoms with Gasteiger partial charge in [-0.15, -0.1) is 0 Å². The number of carbonyl (C=O) groups excluding carboxylic acids is 3. The summed E-state index contributed by atoms with van der Waals surface area (Å²) < 4.78 is 14.6. The van der Waals surface area contributed by atoms with Crippen molar-refractivity contribution in [1.82, 2.24) is 0 Å². The van der Waals surface area contributed by atoms with E-state index in [2.05, 4.69) is 6.58 Å². The van der Waals surface area contributed by atoms with Crippen LogP contribution >= 0.6 is 0 Å². The molecule has 0 rings (SSSR count). The number of esters is 3. The third-order valence-corrected chi connectivity index (χ3v) is 2.90. The van der Waals surface area contributed by atoms with Crippen LogP contribution in [0.2, 0.25) is 0 Å². The number of hydrogen-bond donors (Lipinski definition) is 0. The zero-order chi connectivity index (χ0) is 16.5. The van der Waals surface area contributed by atoms with E-state index in [1.54, 1.807) is 13.8 Å². The third kappa shape index (κ3) is 8.12. The maximum Gasteiger partial charge on any atom is 0.333 e. The SMILES string of the molecule is C=C(C)C(=O)OCCOC(=O)CCOC(=O)C(C)(C)CC. The fraction of sp³-hybridized carbons (Fsp3) is 0.667. The van der Waals surface area contributed by atoms with Gasteiger partial charge in [-0.2, -0.15) is 0 Å². The minimum Gasteiger partial charge on any atom is -0.465 e. The van der Waals surface area contributed by atoms with Crippen molar-refractivity contribution in [2.75, 3.05) is 19.8 Å². The van der Waals surface area contributed by atoms with Gasteiger partial charge in [-0.3, -0.25) is 9.59 Å². The molecule has 0 aliphatic heterocycles. The highest BCUT2D eigenvalue weighted by molar-refractivity contribution is 5.86. The Balaban J connectivity index is 3.75. The Bertz CT molecular complexity index is 397. The average molecular weight is 300 g/mol. The van der Waals surface area contributed by atoms with E-state index in [0.29, 0.717) is 6.42 Å². The summed E-state index contributed by atoms with van der Waals surface area (Å²) in [6.07, 6.45) is 0.629. The molecule has 0 unspecified atom stereocenters. The Kier molecular flexibility index (Phi) is 8.35. The van der Waals surface area contributed by atoms with Crippen LogP contribution < -0.4 is 0 Å². The van der Waals surface area contributed by atoms with E-state index in [-0.39, 0.29) is 37.8 Å². The molecule has 0 N–H and O–H groups in total. The summed E-state index contributed by atoms with van der Waals surface area (Å²) in [6, 6.07) is 0. The molecule has 0 aromatic rings. The molecule has 0 amide bonds. The maximum absolute atomic E-state index is 11.6. The summed E-state index contributed by atoms with van der Waals surface area (Å²) in [7, 11) is 0. The molecule has 0 heterocycles. The molecule has 0 spiro atoms. The van der Waals surface area contributed by atoms with Crippen LogP contribution in [0, 0.1) is 5.41 Å². The lowest BCUT2D eigenvalue weighted by Crippen LogP contribution is -2.26. The Morgan fingerprint density at radius 1 is 1.00 bits per heavy atom. The van der Waals surface area contributed by atoms with Crippen molar-refractivity contribution in [3.05, 3.63) is 12.2 Å². The predicted octanol–water partition coefficient (Wildman–Crippen LogP) is 2.02. The van der Waals surface area contributed by atoms with Crippen molar-refractivity contribution in [3.8, 4) is 0 Å². The van der Waals surface area contributed by atoms with Crippen molar-refractivity contribution in [1.29, 1.82) is 0 Å². The van der Waals surface area contributed by atoms with E-state index in [1.165, 1.54) is 6.92 Å². The highest BCUT2D eigenvalue weighted by Gasteiger charge is 2.27. The zero-order valence-electron chi connectivity index (χ0n) is 13.2.